The van der Waals surface area contributed by atoms with E-state index in [9.17, 15) is 4.79 Å². The van der Waals surface area contributed by atoms with Crippen LogP contribution in [0.3, 0.4) is 0 Å². The minimum atomic E-state index is 0. The number of H-pyrrole nitrogens is 2. The molecule has 2 heterocycles. The number of rotatable bonds is 3. The molecule has 0 spiro atoms. The van der Waals surface area contributed by atoms with Gasteiger partial charge in [0.25, 0.3) is 5.91 Å². The normalized spacial score (nSPS) is 19.4. The van der Waals surface area contributed by atoms with Gasteiger partial charge in [-0.15, -0.1) is 12.4 Å². The fraction of sp³-hybridized carbons (Fsp3) is 0.273. The third kappa shape index (κ3) is 3.50. The van der Waals surface area contributed by atoms with Crippen molar-refractivity contribution in [2.45, 2.75) is 37.6 Å². The molecule has 2 aromatic heterocycles. The second-order valence-corrected chi connectivity index (χ2v) is 7.45. The fourth-order valence-corrected chi connectivity index (χ4v) is 4.19. The Bertz CT molecular complexity index is 1080. The van der Waals surface area contributed by atoms with E-state index < -0.39 is 0 Å². The van der Waals surface area contributed by atoms with Gasteiger partial charge in [0, 0.05) is 29.2 Å². The number of imidazole rings is 1. The van der Waals surface area contributed by atoms with E-state index >= 15 is 0 Å². The standard InChI is InChI=1S/C22H22N4O.ClH/c27-22(16-9-8-14-10-11-23-20(14)13-16)24-17-5-3-4-15(12-17)21-25-18-6-1-2-7-19(18)26-21;/h1-2,6-11,13,15,17,23H,3-5,12H2,(H,24,27)(H,25,26);1H. The smallest absolute Gasteiger partial charge is 0.251 e. The number of carbonyl (C=O) groups is 1. The molecule has 1 amide bonds. The Morgan fingerprint density at radius 2 is 1.96 bits per heavy atom. The van der Waals surface area contributed by atoms with Crippen LogP contribution in [-0.4, -0.2) is 26.9 Å². The lowest BCUT2D eigenvalue weighted by molar-refractivity contribution is 0.0925. The number of fused-ring (bicyclic) bond motifs is 2. The summed E-state index contributed by atoms with van der Waals surface area (Å²) in [5.41, 5.74) is 3.79. The van der Waals surface area contributed by atoms with Gasteiger partial charge >= 0.3 is 0 Å². The van der Waals surface area contributed by atoms with Gasteiger partial charge in [0.1, 0.15) is 5.82 Å². The maximum Gasteiger partial charge on any atom is 0.251 e. The number of aromatic nitrogens is 3. The molecule has 3 N–H and O–H groups in total. The second kappa shape index (κ2) is 7.68. The van der Waals surface area contributed by atoms with Crippen LogP contribution in [0, 0.1) is 0 Å². The number of aromatic amines is 2. The lowest BCUT2D eigenvalue weighted by Gasteiger charge is -2.28. The predicted octanol–water partition coefficient (Wildman–Crippen LogP) is 4.92. The molecule has 2 atom stereocenters. The first-order valence-corrected chi connectivity index (χ1v) is 9.59. The minimum Gasteiger partial charge on any atom is -0.361 e. The molecule has 1 fully saturated rings. The zero-order chi connectivity index (χ0) is 18.2. The molecule has 4 aromatic rings. The maximum atomic E-state index is 12.7. The lowest BCUT2D eigenvalue weighted by atomic mass is 9.85. The van der Waals surface area contributed by atoms with Crippen LogP contribution in [-0.2, 0) is 0 Å². The van der Waals surface area contributed by atoms with Gasteiger partial charge in [-0.3, -0.25) is 4.79 Å². The molecular formula is C22H23ClN4O. The first-order valence-electron chi connectivity index (χ1n) is 9.59. The topological polar surface area (TPSA) is 73.6 Å². The Morgan fingerprint density at radius 1 is 1.07 bits per heavy atom. The zero-order valence-corrected chi connectivity index (χ0v) is 16.3. The number of halogens is 1. The van der Waals surface area contributed by atoms with Crippen molar-refractivity contribution in [2.24, 2.45) is 0 Å². The van der Waals surface area contributed by atoms with Gasteiger partial charge in [-0.05, 0) is 55.0 Å². The van der Waals surface area contributed by atoms with Crippen molar-refractivity contribution >= 4 is 40.3 Å². The van der Waals surface area contributed by atoms with Crippen molar-refractivity contribution in [3.63, 3.8) is 0 Å². The van der Waals surface area contributed by atoms with Gasteiger partial charge in [0.15, 0.2) is 0 Å². The molecule has 0 saturated heterocycles. The predicted molar refractivity (Wildman–Crippen MR) is 114 cm³/mol. The summed E-state index contributed by atoms with van der Waals surface area (Å²) in [5.74, 6) is 1.41. The summed E-state index contributed by atoms with van der Waals surface area (Å²) < 4.78 is 0. The largest absolute Gasteiger partial charge is 0.361 e. The van der Waals surface area contributed by atoms with Crippen molar-refractivity contribution < 1.29 is 4.79 Å². The van der Waals surface area contributed by atoms with E-state index in [0.29, 0.717) is 11.5 Å². The van der Waals surface area contributed by atoms with E-state index in [1.165, 1.54) is 0 Å². The van der Waals surface area contributed by atoms with E-state index in [-0.39, 0.29) is 24.4 Å². The average Bonchev–Trinajstić information content (AvgIpc) is 3.34. The van der Waals surface area contributed by atoms with E-state index in [1.54, 1.807) is 0 Å². The van der Waals surface area contributed by atoms with Crippen LogP contribution in [0.4, 0.5) is 0 Å². The quantitative estimate of drug-likeness (QED) is 0.461. The highest BCUT2D eigenvalue weighted by Crippen LogP contribution is 2.32. The Kier molecular flexibility index (Phi) is 5.09. The number of hydrogen-bond acceptors (Lipinski definition) is 2. The SMILES string of the molecule is Cl.O=C(NC1CCCC(c2nc3ccccc3[nH]2)C1)c1ccc2cc[nH]c2c1. The molecule has 28 heavy (non-hydrogen) atoms. The third-order valence-electron chi connectivity index (χ3n) is 5.62. The van der Waals surface area contributed by atoms with E-state index in [4.69, 9.17) is 4.98 Å². The molecule has 6 heteroatoms. The van der Waals surface area contributed by atoms with E-state index in [0.717, 1.165) is 53.4 Å². The molecule has 5 rings (SSSR count). The fourth-order valence-electron chi connectivity index (χ4n) is 4.19. The number of nitrogens with one attached hydrogen (secondary N) is 3. The number of hydrogen-bond donors (Lipinski definition) is 3. The van der Waals surface area contributed by atoms with Gasteiger partial charge in [-0.2, -0.15) is 0 Å². The first-order chi connectivity index (χ1) is 13.3. The summed E-state index contributed by atoms with van der Waals surface area (Å²) in [6.07, 6.45) is 6.05. The molecule has 1 aliphatic carbocycles. The average molecular weight is 395 g/mol. The number of nitrogens with zero attached hydrogens (tertiary/aromatic N) is 1. The Morgan fingerprint density at radius 3 is 2.86 bits per heavy atom. The molecule has 1 saturated carbocycles. The number of amides is 1. The van der Waals surface area contributed by atoms with Gasteiger partial charge in [0.2, 0.25) is 0 Å². The van der Waals surface area contributed by atoms with Crippen LogP contribution in [0.1, 0.15) is 47.8 Å². The minimum absolute atomic E-state index is 0. The molecule has 1 aliphatic rings. The van der Waals surface area contributed by atoms with Gasteiger partial charge in [-0.1, -0.05) is 24.6 Å². The first kappa shape index (κ1) is 18.6. The Balaban J connectivity index is 0.00000192. The highest BCUT2D eigenvalue weighted by Gasteiger charge is 2.26. The highest BCUT2D eigenvalue weighted by molar-refractivity contribution is 5.98. The summed E-state index contributed by atoms with van der Waals surface area (Å²) in [4.78, 5) is 24.1. The third-order valence-corrected chi connectivity index (χ3v) is 5.62. The number of carbonyl (C=O) groups excluding carboxylic acids is 1. The maximum absolute atomic E-state index is 12.7. The number of benzene rings is 2. The molecule has 0 aliphatic heterocycles. The van der Waals surface area contributed by atoms with Gasteiger partial charge in [-0.25, -0.2) is 4.98 Å². The molecule has 0 bridgehead atoms. The summed E-state index contributed by atoms with van der Waals surface area (Å²) in [6.45, 7) is 0. The molecular weight excluding hydrogens is 372 g/mol. The molecule has 5 nitrogen and oxygen atoms in total. The van der Waals surface area contributed by atoms with Crippen molar-refractivity contribution in [1.29, 1.82) is 0 Å². The number of para-hydroxylation sites is 2. The van der Waals surface area contributed by atoms with E-state index in [2.05, 4.69) is 21.4 Å². The monoisotopic (exact) mass is 394 g/mol. The molecule has 144 valence electrons. The lowest BCUT2D eigenvalue weighted by Crippen LogP contribution is -2.38. The summed E-state index contributed by atoms with van der Waals surface area (Å²) in [6, 6.07) is 16.1. The van der Waals surface area contributed by atoms with Crippen LogP contribution in [0.5, 0.6) is 0 Å². The molecule has 0 radical (unpaired) electrons. The second-order valence-electron chi connectivity index (χ2n) is 7.45. The summed E-state index contributed by atoms with van der Waals surface area (Å²) in [7, 11) is 0. The van der Waals surface area contributed by atoms with Crippen LogP contribution in [0.25, 0.3) is 21.9 Å². The Hall–Kier alpha value is -2.79. The van der Waals surface area contributed by atoms with E-state index in [1.807, 2.05) is 48.7 Å². The van der Waals surface area contributed by atoms with Crippen LogP contribution < -0.4 is 5.32 Å². The van der Waals surface area contributed by atoms with Crippen LogP contribution in [0.15, 0.2) is 54.7 Å². The van der Waals surface area contributed by atoms with Crippen LogP contribution in [0.2, 0.25) is 0 Å². The Labute approximate surface area is 169 Å². The summed E-state index contributed by atoms with van der Waals surface area (Å²) in [5, 5.41) is 4.35. The van der Waals surface area contributed by atoms with Crippen LogP contribution >= 0.6 is 12.4 Å². The van der Waals surface area contributed by atoms with Crippen molar-refractivity contribution in [3.05, 3.63) is 66.1 Å². The summed E-state index contributed by atoms with van der Waals surface area (Å²) >= 11 is 0. The molecule has 2 unspecified atom stereocenters. The highest BCUT2D eigenvalue weighted by atomic mass is 35.5. The van der Waals surface area contributed by atoms with Crippen molar-refractivity contribution in [3.8, 4) is 0 Å². The zero-order valence-electron chi connectivity index (χ0n) is 15.4. The van der Waals surface area contributed by atoms with Gasteiger partial charge < -0.3 is 15.3 Å². The van der Waals surface area contributed by atoms with Crippen molar-refractivity contribution in [1.82, 2.24) is 20.3 Å². The molecule has 2 aromatic carbocycles. The van der Waals surface area contributed by atoms with Gasteiger partial charge in [0.05, 0.1) is 11.0 Å². The van der Waals surface area contributed by atoms with Crippen molar-refractivity contribution in [2.75, 3.05) is 0 Å².